The summed E-state index contributed by atoms with van der Waals surface area (Å²) in [6.45, 7) is 1.84. The van der Waals surface area contributed by atoms with Crippen LogP contribution in [0.25, 0.3) is 0 Å². The lowest BCUT2D eigenvalue weighted by molar-refractivity contribution is 0.322. The molecule has 0 unspecified atom stereocenters. The first-order valence-electron chi connectivity index (χ1n) is 2.30. The molecule has 1 rings (SSSR count). The molecule has 1 heterocycles. The van der Waals surface area contributed by atoms with Gasteiger partial charge in [-0.3, -0.25) is 0 Å². The summed E-state index contributed by atoms with van der Waals surface area (Å²) in [5.74, 6) is 0. The van der Waals surface area contributed by atoms with Gasteiger partial charge in [-0.1, -0.05) is 16.5 Å². The molecule has 0 atom stereocenters. The van der Waals surface area contributed by atoms with E-state index < -0.39 is 0 Å². The number of hydrogen-bond donors (Lipinski definition) is 1. The summed E-state index contributed by atoms with van der Waals surface area (Å²) in [7, 11) is 0. The Balaban J connectivity index is 2.85. The van der Waals surface area contributed by atoms with Crippen molar-refractivity contribution in [1.82, 2.24) is 10.2 Å². The van der Waals surface area contributed by atoms with Crippen LogP contribution in [0.15, 0.2) is 5.16 Å². The number of oxime groups is 1. The molecule has 0 amide bonds. The topological polar surface area (TPSA) is 58.4 Å². The summed E-state index contributed by atoms with van der Waals surface area (Å²) < 4.78 is 0. The smallest absolute Gasteiger partial charge is 0.162 e. The normalized spacial score (nSPS) is 10.8. The van der Waals surface area contributed by atoms with Crippen LogP contribution < -0.4 is 0 Å². The van der Waals surface area contributed by atoms with Crippen molar-refractivity contribution in [1.29, 1.82) is 0 Å². The Labute approximate surface area is 55.9 Å². The van der Waals surface area contributed by atoms with Crippen molar-refractivity contribution in [3.8, 4) is 0 Å². The monoisotopic (exact) mass is 143 g/mol. The first-order valence-corrected chi connectivity index (χ1v) is 3.12. The first-order chi connectivity index (χ1) is 4.33. The number of nitrogens with zero attached hydrogens (tertiary/aromatic N) is 3. The molecule has 0 spiro atoms. The maximum Gasteiger partial charge on any atom is 0.162 e. The molecule has 0 fully saturated rings. The van der Waals surface area contributed by atoms with Crippen LogP contribution >= 0.6 is 11.3 Å². The van der Waals surface area contributed by atoms with E-state index in [1.807, 2.05) is 6.92 Å². The zero-order valence-corrected chi connectivity index (χ0v) is 5.59. The molecule has 0 radical (unpaired) electrons. The Morgan fingerprint density at radius 3 is 2.89 bits per heavy atom. The van der Waals surface area contributed by atoms with Crippen molar-refractivity contribution in [2.45, 2.75) is 6.92 Å². The zero-order valence-electron chi connectivity index (χ0n) is 4.77. The van der Waals surface area contributed by atoms with Gasteiger partial charge in [0.15, 0.2) is 5.01 Å². The van der Waals surface area contributed by atoms with Gasteiger partial charge in [-0.05, 0) is 6.92 Å². The lowest BCUT2D eigenvalue weighted by Gasteiger charge is -1.71. The van der Waals surface area contributed by atoms with E-state index in [4.69, 9.17) is 5.21 Å². The number of aromatic nitrogens is 2. The van der Waals surface area contributed by atoms with Crippen molar-refractivity contribution in [3.05, 3.63) is 10.0 Å². The highest BCUT2D eigenvalue weighted by atomic mass is 32.1. The second-order valence-corrected chi connectivity index (χ2v) is 2.62. The van der Waals surface area contributed by atoms with Gasteiger partial charge < -0.3 is 5.21 Å². The van der Waals surface area contributed by atoms with Gasteiger partial charge in [0.1, 0.15) is 11.2 Å². The van der Waals surface area contributed by atoms with Crippen LogP contribution in [-0.4, -0.2) is 21.6 Å². The third kappa shape index (κ3) is 1.46. The summed E-state index contributed by atoms with van der Waals surface area (Å²) in [6, 6.07) is 0. The molecule has 0 saturated heterocycles. The highest BCUT2D eigenvalue weighted by Gasteiger charge is 1.93. The average Bonchev–Trinajstić information content (AvgIpc) is 2.17. The van der Waals surface area contributed by atoms with Gasteiger partial charge in [0.25, 0.3) is 0 Å². The molecule has 0 aliphatic rings. The third-order valence-corrected chi connectivity index (χ3v) is 1.48. The average molecular weight is 143 g/mol. The minimum Gasteiger partial charge on any atom is -0.411 e. The molecule has 0 aromatic carbocycles. The molecular formula is C4H5N3OS. The van der Waals surface area contributed by atoms with Gasteiger partial charge in [0.05, 0.1) is 0 Å². The molecule has 48 valence electrons. The fourth-order valence-corrected chi connectivity index (χ4v) is 0.979. The van der Waals surface area contributed by atoms with Crippen molar-refractivity contribution in [2.75, 3.05) is 0 Å². The predicted molar refractivity (Wildman–Crippen MR) is 34.0 cm³/mol. The van der Waals surface area contributed by atoms with Crippen LogP contribution in [0.4, 0.5) is 0 Å². The van der Waals surface area contributed by atoms with E-state index in [0.717, 1.165) is 5.01 Å². The molecule has 0 saturated carbocycles. The summed E-state index contributed by atoms with van der Waals surface area (Å²) in [5.41, 5.74) is 0. The van der Waals surface area contributed by atoms with Crippen molar-refractivity contribution >= 4 is 17.6 Å². The summed E-state index contributed by atoms with van der Waals surface area (Å²) in [5, 5.41) is 19.7. The van der Waals surface area contributed by atoms with Gasteiger partial charge in [-0.15, -0.1) is 10.2 Å². The van der Waals surface area contributed by atoms with Crippen LogP contribution in [0, 0.1) is 6.92 Å². The molecule has 1 aromatic heterocycles. The standard InChI is InChI=1S/C4H5N3OS/c1-3-6-7-4(9-3)2-5-8/h2,8H,1H3/b5-2-. The van der Waals surface area contributed by atoms with Gasteiger partial charge in [-0.25, -0.2) is 0 Å². The van der Waals surface area contributed by atoms with Gasteiger partial charge in [0.2, 0.25) is 0 Å². The van der Waals surface area contributed by atoms with E-state index in [1.165, 1.54) is 17.6 Å². The highest BCUT2D eigenvalue weighted by molar-refractivity contribution is 7.12. The Morgan fingerprint density at radius 2 is 2.44 bits per heavy atom. The second kappa shape index (κ2) is 2.54. The van der Waals surface area contributed by atoms with Crippen LogP contribution in [0.2, 0.25) is 0 Å². The number of hydrogen-bond acceptors (Lipinski definition) is 5. The van der Waals surface area contributed by atoms with E-state index in [1.54, 1.807) is 0 Å². The van der Waals surface area contributed by atoms with Crippen LogP contribution in [0.3, 0.4) is 0 Å². The van der Waals surface area contributed by atoms with E-state index in [-0.39, 0.29) is 0 Å². The van der Waals surface area contributed by atoms with Gasteiger partial charge in [0, 0.05) is 0 Å². The van der Waals surface area contributed by atoms with Gasteiger partial charge in [-0.2, -0.15) is 0 Å². The largest absolute Gasteiger partial charge is 0.411 e. The molecule has 0 bridgehead atoms. The number of aryl methyl sites for hydroxylation is 1. The maximum atomic E-state index is 8.04. The Hall–Kier alpha value is -0.970. The summed E-state index contributed by atoms with van der Waals surface area (Å²) in [6.07, 6.45) is 1.25. The first kappa shape index (κ1) is 6.15. The van der Waals surface area contributed by atoms with E-state index in [2.05, 4.69) is 15.4 Å². The summed E-state index contributed by atoms with van der Waals surface area (Å²) in [4.78, 5) is 0. The van der Waals surface area contributed by atoms with Crippen molar-refractivity contribution in [3.63, 3.8) is 0 Å². The van der Waals surface area contributed by atoms with Crippen LogP contribution in [0.5, 0.6) is 0 Å². The molecule has 4 nitrogen and oxygen atoms in total. The third-order valence-electron chi connectivity index (χ3n) is 0.710. The maximum absolute atomic E-state index is 8.04. The second-order valence-electron chi connectivity index (χ2n) is 1.40. The highest BCUT2D eigenvalue weighted by Crippen LogP contribution is 2.03. The quantitative estimate of drug-likeness (QED) is 0.357. The predicted octanol–water partition coefficient (Wildman–Crippen LogP) is 0.655. The molecular weight excluding hydrogens is 138 g/mol. The lowest BCUT2D eigenvalue weighted by atomic mass is 10.8. The van der Waals surface area contributed by atoms with Crippen molar-refractivity contribution < 1.29 is 5.21 Å². The molecule has 9 heavy (non-hydrogen) atoms. The van der Waals surface area contributed by atoms with Gasteiger partial charge >= 0.3 is 0 Å². The minimum absolute atomic E-state index is 0.620. The number of rotatable bonds is 1. The molecule has 5 heteroatoms. The van der Waals surface area contributed by atoms with E-state index in [0.29, 0.717) is 5.01 Å². The fourth-order valence-electron chi connectivity index (χ4n) is 0.413. The Bertz CT molecular complexity index is 219. The minimum atomic E-state index is 0.620. The molecule has 1 aromatic rings. The molecule has 0 aliphatic heterocycles. The Morgan fingerprint density at radius 1 is 1.67 bits per heavy atom. The van der Waals surface area contributed by atoms with Crippen LogP contribution in [0.1, 0.15) is 10.0 Å². The molecule has 0 aliphatic carbocycles. The zero-order chi connectivity index (χ0) is 6.69. The van der Waals surface area contributed by atoms with Crippen LogP contribution in [-0.2, 0) is 0 Å². The molecule has 1 N–H and O–H groups in total. The SMILES string of the molecule is Cc1nnc(/C=N\O)s1. The van der Waals surface area contributed by atoms with Crippen molar-refractivity contribution in [2.24, 2.45) is 5.16 Å². The van der Waals surface area contributed by atoms with E-state index in [9.17, 15) is 0 Å². The fraction of sp³-hybridized carbons (Fsp3) is 0.250. The van der Waals surface area contributed by atoms with E-state index >= 15 is 0 Å². The summed E-state index contributed by atoms with van der Waals surface area (Å²) >= 11 is 1.38. The Kier molecular flexibility index (Phi) is 1.74. The lowest BCUT2D eigenvalue weighted by Crippen LogP contribution is -1.76.